The summed E-state index contributed by atoms with van der Waals surface area (Å²) in [5.41, 5.74) is 2.05. The van der Waals surface area contributed by atoms with Crippen LogP contribution in [-0.4, -0.2) is 36.8 Å². The third kappa shape index (κ3) is 4.18. The first-order chi connectivity index (χ1) is 13.0. The van der Waals surface area contributed by atoms with Gasteiger partial charge in [0, 0.05) is 17.7 Å². The molecule has 0 bridgehead atoms. The molecular formula is C17H14N6O3S. The van der Waals surface area contributed by atoms with E-state index in [4.69, 9.17) is 0 Å². The van der Waals surface area contributed by atoms with Crippen molar-refractivity contribution in [2.24, 2.45) is 0 Å². The number of fused-ring (bicyclic) bond motifs is 1. The van der Waals surface area contributed by atoms with Gasteiger partial charge < -0.3 is 0 Å². The number of carbonyl (C=O) groups is 1. The van der Waals surface area contributed by atoms with Gasteiger partial charge in [0.2, 0.25) is 0 Å². The second-order valence-electron chi connectivity index (χ2n) is 5.40. The molecule has 0 atom stereocenters. The maximum atomic E-state index is 12.0. The van der Waals surface area contributed by atoms with E-state index in [9.17, 15) is 14.9 Å². The fourth-order valence-corrected chi connectivity index (χ4v) is 2.41. The van der Waals surface area contributed by atoms with E-state index in [2.05, 4.69) is 39.7 Å². The Morgan fingerprint density at radius 2 is 2.00 bits per heavy atom. The molecular weight excluding hydrogens is 368 g/mol. The van der Waals surface area contributed by atoms with Crippen LogP contribution in [0, 0.1) is 10.1 Å². The zero-order chi connectivity index (χ0) is 19.4. The first-order valence-corrected chi connectivity index (χ1v) is 8.15. The highest BCUT2D eigenvalue weighted by atomic mass is 32.1. The van der Waals surface area contributed by atoms with E-state index in [0.29, 0.717) is 28.2 Å². The SMILES string of the molecule is C=CCN(S)C(=O)Nc1ccc2ncc(-c3ccc([N+](=O)[O-])cc3)nc2n1. The standard InChI is InChI=1S/C17H14N6O3S/c1-2-9-22(27)17(24)21-15-8-7-13-16(20-15)19-14(10-18-13)11-3-5-12(6-4-11)23(25)26/h2-8,10,27H,1,9H2,(H,19,20,21,24). The number of hydrogen-bond acceptors (Lipinski definition) is 7. The molecule has 0 saturated heterocycles. The van der Waals surface area contributed by atoms with Crippen LogP contribution in [0.2, 0.25) is 0 Å². The summed E-state index contributed by atoms with van der Waals surface area (Å²) >= 11 is 4.04. The molecule has 136 valence electrons. The van der Waals surface area contributed by atoms with Gasteiger partial charge in [-0.3, -0.25) is 24.7 Å². The smallest absolute Gasteiger partial charge is 0.291 e. The predicted octanol–water partition coefficient (Wildman–Crippen LogP) is 3.46. The number of anilines is 1. The second-order valence-corrected chi connectivity index (χ2v) is 5.88. The molecule has 9 nitrogen and oxygen atoms in total. The van der Waals surface area contributed by atoms with Crippen LogP contribution in [0.4, 0.5) is 16.3 Å². The monoisotopic (exact) mass is 382 g/mol. The highest BCUT2D eigenvalue weighted by Crippen LogP contribution is 2.22. The Balaban J connectivity index is 1.88. The largest absolute Gasteiger partial charge is 0.333 e. The quantitative estimate of drug-likeness (QED) is 0.302. The van der Waals surface area contributed by atoms with Crippen molar-refractivity contribution >= 4 is 41.5 Å². The number of hydrogen-bond donors (Lipinski definition) is 2. The first kappa shape index (κ1) is 18.3. The van der Waals surface area contributed by atoms with E-state index in [1.54, 1.807) is 36.5 Å². The number of non-ortho nitro benzene ring substituents is 1. The highest BCUT2D eigenvalue weighted by molar-refractivity contribution is 7.78. The number of nitro groups is 1. The van der Waals surface area contributed by atoms with Crippen molar-refractivity contribution in [1.29, 1.82) is 0 Å². The molecule has 0 unspecified atom stereocenters. The van der Waals surface area contributed by atoms with Gasteiger partial charge in [0.05, 0.1) is 23.4 Å². The van der Waals surface area contributed by atoms with E-state index < -0.39 is 11.0 Å². The maximum Gasteiger partial charge on any atom is 0.333 e. The lowest BCUT2D eigenvalue weighted by atomic mass is 10.1. The molecule has 0 fully saturated rings. The maximum absolute atomic E-state index is 12.0. The lowest BCUT2D eigenvalue weighted by Crippen LogP contribution is -2.27. The number of pyridine rings is 1. The fourth-order valence-electron chi connectivity index (χ4n) is 2.24. The number of nitro benzene ring substituents is 1. The Hall–Kier alpha value is -3.53. The molecule has 2 heterocycles. The Morgan fingerprint density at radius 3 is 2.67 bits per heavy atom. The number of thiol groups is 1. The zero-order valence-electron chi connectivity index (χ0n) is 13.9. The molecule has 0 spiro atoms. The molecule has 1 N–H and O–H groups in total. The number of nitrogens with one attached hydrogen (secondary N) is 1. The fraction of sp³-hybridized carbons (Fsp3) is 0.0588. The number of amides is 2. The van der Waals surface area contributed by atoms with Crippen LogP contribution in [-0.2, 0) is 0 Å². The average Bonchev–Trinajstić information content (AvgIpc) is 2.67. The summed E-state index contributed by atoms with van der Waals surface area (Å²) in [6, 6.07) is 8.81. The van der Waals surface area contributed by atoms with Crippen molar-refractivity contribution in [2.45, 2.75) is 0 Å². The summed E-state index contributed by atoms with van der Waals surface area (Å²) in [6.07, 6.45) is 3.10. The first-order valence-electron chi connectivity index (χ1n) is 7.75. The minimum Gasteiger partial charge on any atom is -0.291 e. The van der Waals surface area contributed by atoms with Crippen LogP contribution < -0.4 is 5.32 Å². The van der Waals surface area contributed by atoms with Gasteiger partial charge in [0.15, 0.2) is 5.65 Å². The molecule has 3 aromatic rings. The Bertz CT molecular complexity index is 1020. The summed E-state index contributed by atoms with van der Waals surface area (Å²) in [5, 5.41) is 13.4. The van der Waals surface area contributed by atoms with Crippen molar-refractivity contribution < 1.29 is 9.72 Å². The summed E-state index contributed by atoms with van der Waals surface area (Å²) in [6.45, 7) is 3.81. The van der Waals surface area contributed by atoms with Gasteiger partial charge in [-0.1, -0.05) is 18.9 Å². The van der Waals surface area contributed by atoms with Crippen LogP contribution in [0.25, 0.3) is 22.4 Å². The molecule has 3 rings (SSSR count). The number of benzene rings is 1. The van der Waals surface area contributed by atoms with Gasteiger partial charge in [-0.2, -0.15) is 0 Å². The number of nitrogens with zero attached hydrogens (tertiary/aromatic N) is 5. The average molecular weight is 382 g/mol. The van der Waals surface area contributed by atoms with Crippen LogP contribution in [0.3, 0.4) is 0 Å². The molecule has 0 aliphatic carbocycles. The Morgan fingerprint density at radius 1 is 1.26 bits per heavy atom. The summed E-state index contributed by atoms with van der Waals surface area (Å²) in [5.74, 6) is 0.297. The van der Waals surface area contributed by atoms with Gasteiger partial charge in [0.25, 0.3) is 5.69 Å². The van der Waals surface area contributed by atoms with Gasteiger partial charge >= 0.3 is 6.03 Å². The second kappa shape index (κ2) is 7.79. The van der Waals surface area contributed by atoms with Crippen molar-refractivity contribution in [3.63, 3.8) is 0 Å². The highest BCUT2D eigenvalue weighted by Gasteiger charge is 2.11. The summed E-state index contributed by atoms with van der Waals surface area (Å²) < 4.78 is 1.15. The minimum atomic E-state index is -0.469. The molecule has 0 radical (unpaired) electrons. The van der Waals surface area contributed by atoms with Gasteiger partial charge in [-0.05, 0) is 24.3 Å². The third-order valence-electron chi connectivity index (χ3n) is 3.55. The van der Waals surface area contributed by atoms with E-state index in [1.807, 2.05) is 0 Å². The van der Waals surface area contributed by atoms with Gasteiger partial charge in [0.1, 0.15) is 11.3 Å². The summed E-state index contributed by atoms with van der Waals surface area (Å²) in [7, 11) is 0. The minimum absolute atomic E-state index is 0.00791. The molecule has 2 aromatic heterocycles. The van der Waals surface area contributed by atoms with Crippen molar-refractivity contribution in [3.05, 3.63) is 65.4 Å². The normalized spacial score (nSPS) is 10.4. The molecule has 0 saturated carbocycles. The lowest BCUT2D eigenvalue weighted by molar-refractivity contribution is -0.384. The van der Waals surface area contributed by atoms with E-state index >= 15 is 0 Å². The van der Waals surface area contributed by atoms with E-state index in [-0.39, 0.29) is 12.2 Å². The molecule has 27 heavy (non-hydrogen) atoms. The van der Waals surface area contributed by atoms with Crippen LogP contribution in [0.5, 0.6) is 0 Å². The lowest BCUT2D eigenvalue weighted by Gasteiger charge is -2.13. The molecule has 2 amide bonds. The number of rotatable bonds is 5. The topological polar surface area (TPSA) is 114 Å². The van der Waals surface area contributed by atoms with E-state index in [0.717, 1.165) is 4.31 Å². The Kier molecular flexibility index (Phi) is 5.27. The number of urea groups is 1. The zero-order valence-corrected chi connectivity index (χ0v) is 14.8. The summed E-state index contributed by atoms with van der Waals surface area (Å²) in [4.78, 5) is 35.3. The molecule has 0 aliphatic heterocycles. The van der Waals surface area contributed by atoms with Crippen molar-refractivity contribution in [2.75, 3.05) is 11.9 Å². The van der Waals surface area contributed by atoms with Crippen molar-refractivity contribution in [1.82, 2.24) is 19.3 Å². The number of carbonyl (C=O) groups excluding carboxylic acids is 1. The van der Waals surface area contributed by atoms with E-state index in [1.165, 1.54) is 12.1 Å². The van der Waals surface area contributed by atoms with Crippen LogP contribution in [0.15, 0.2) is 55.3 Å². The third-order valence-corrected chi connectivity index (χ3v) is 3.90. The van der Waals surface area contributed by atoms with Gasteiger partial charge in [-0.15, -0.1) is 6.58 Å². The Labute approximate surface area is 159 Å². The van der Waals surface area contributed by atoms with Crippen LogP contribution in [0.1, 0.15) is 0 Å². The van der Waals surface area contributed by atoms with Crippen molar-refractivity contribution in [3.8, 4) is 11.3 Å². The number of aromatic nitrogens is 3. The van der Waals surface area contributed by atoms with Gasteiger partial charge in [-0.25, -0.2) is 14.8 Å². The molecule has 1 aromatic carbocycles. The predicted molar refractivity (Wildman–Crippen MR) is 104 cm³/mol. The molecule has 10 heteroatoms. The van der Waals surface area contributed by atoms with Crippen LogP contribution >= 0.6 is 12.8 Å². The molecule has 0 aliphatic rings.